The molecule has 0 aliphatic rings. The van der Waals surface area contributed by atoms with Crippen molar-refractivity contribution in [1.82, 2.24) is 10.2 Å². The topological polar surface area (TPSA) is 111 Å². The number of aromatic nitrogens is 2. The maximum atomic E-state index is 12.0. The third-order valence-corrected chi connectivity index (χ3v) is 4.81. The van der Waals surface area contributed by atoms with Gasteiger partial charge in [0.25, 0.3) is 16.8 Å². The zero-order valence-corrected chi connectivity index (χ0v) is 14.7. The predicted molar refractivity (Wildman–Crippen MR) is 95.1 cm³/mol. The highest BCUT2D eigenvalue weighted by Crippen LogP contribution is 2.29. The summed E-state index contributed by atoms with van der Waals surface area (Å²) >= 11 is 8.31. The number of thioether (sulfide) groups is 1. The molecule has 0 aliphatic carbocycles. The number of rotatable bonds is 6. The summed E-state index contributed by atoms with van der Waals surface area (Å²) in [6, 6.07) is 7.65. The van der Waals surface area contributed by atoms with E-state index in [1.807, 2.05) is 17.5 Å². The van der Waals surface area contributed by atoms with Crippen LogP contribution in [0.1, 0.15) is 0 Å². The molecule has 0 atom stereocenters. The fourth-order valence-corrected chi connectivity index (χ4v) is 3.23. The van der Waals surface area contributed by atoms with Gasteiger partial charge in [-0.3, -0.25) is 14.9 Å². The minimum absolute atomic E-state index is 0.0351. The highest BCUT2D eigenvalue weighted by Gasteiger charge is 2.17. The number of halogens is 1. The lowest BCUT2D eigenvalue weighted by molar-refractivity contribution is -0.383. The molecule has 128 valence electrons. The van der Waals surface area contributed by atoms with E-state index in [9.17, 15) is 14.9 Å². The Hall–Kier alpha value is -2.43. The van der Waals surface area contributed by atoms with Crippen LogP contribution in [0.25, 0.3) is 10.8 Å². The third kappa shape index (κ3) is 4.35. The first kappa shape index (κ1) is 17.4. The number of nitrogens with zero attached hydrogens (tertiary/aromatic N) is 3. The molecule has 1 N–H and O–H groups in total. The van der Waals surface area contributed by atoms with Crippen LogP contribution < -0.4 is 5.32 Å². The zero-order valence-electron chi connectivity index (χ0n) is 12.3. The molecular weight excluding hydrogens is 388 g/mol. The van der Waals surface area contributed by atoms with Crippen LogP contribution in [0, 0.1) is 10.1 Å². The summed E-state index contributed by atoms with van der Waals surface area (Å²) < 4.78 is 5.45. The van der Waals surface area contributed by atoms with E-state index in [-0.39, 0.29) is 27.4 Å². The molecule has 3 rings (SSSR count). The first-order chi connectivity index (χ1) is 12.0. The largest absolute Gasteiger partial charge is 0.410 e. The highest BCUT2D eigenvalue weighted by molar-refractivity contribution is 7.99. The van der Waals surface area contributed by atoms with Crippen molar-refractivity contribution < 1.29 is 14.1 Å². The van der Waals surface area contributed by atoms with Crippen LogP contribution in [-0.4, -0.2) is 26.8 Å². The second kappa shape index (κ2) is 7.64. The molecule has 0 spiro atoms. The molecular formula is C14H9ClN4O4S2. The fraction of sp³-hybridized carbons (Fsp3) is 0.0714. The number of amides is 1. The minimum atomic E-state index is -0.593. The Balaban J connectivity index is 1.62. The van der Waals surface area contributed by atoms with Crippen LogP contribution in [0.15, 0.2) is 45.4 Å². The summed E-state index contributed by atoms with van der Waals surface area (Å²) in [5.74, 6) is -0.120. The van der Waals surface area contributed by atoms with E-state index in [4.69, 9.17) is 16.0 Å². The van der Waals surface area contributed by atoms with Crippen molar-refractivity contribution >= 4 is 52.0 Å². The van der Waals surface area contributed by atoms with Gasteiger partial charge in [-0.15, -0.1) is 21.5 Å². The fourth-order valence-electron chi connectivity index (χ4n) is 1.85. The first-order valence-corrected chi connectivity index (χ1v) is 9.01. The van der Waals surface area contributed by atoms with Crippen molar-refractivity contribution in [2.24, 2.45) is 0 Å². The van der Waals surface area contributed by atoms with Crippen molar-refractivity contribution in [2.75, 3.05) is 11.1 Å². The Morgan fingerprint density at radius 1 is 1.40 bits per heavy atom. The summed E-state index contributed by atoms with van der Waals surface area (Å²) in [6.45, 7) is 0. The molecule has 0 aliphatic heterocycles. The van der Waals surface area contributed by atoms with Gasteiger partial charge in [-0.25, -0.2) is 0 Å². The van der Waals surface area contributed by atoms with Crippen molar-refractivity contribution in [2.45, 2.75) is 5.22 Å². The van der Waals surface area contributed by atoms with E-state index in [0.29, 0.717) is 5.89 Å². The monoisotopic (exact) mass is 396 g/mol. The van der Waals surface area contributed by atoms with Crippen LogP contribution >= 0.6 is 34.7 Å². The predicted octanol–water partition coefficient (Wildman–Crippen LogP) is 4.09. The van der Waals surface area contributed by atoms with Gasteiger partial charge in [0.15, 0.2) is 0 Å². The molecule has 0 radical (unpaired) electrons. The number of hydrogen-bond acceptors (Lipinski definition) is 8. The number of carbonyl (C=O) groups excluding carboxylic acids is 1. The molecule has 11 heteroatoms. The van der Waals surface area contributed by atoms with Crippen LogP contribution in [0.4, 0.5) is 11.4 Å². The SMILES string of the molecule is O=C(CSc1nnc(-c2cccs2)o1)Nc1cc(Cl)ccc1[N+](=O)[O-]. The molecule has 0 unspecified atom stereocenters. The van der Waals surface area contributed by atoms with Crippen LogP contribution in [-0.2, 0) is 4.79 Å². The smallest absolute Gasteiger partial charge is 0.292 e. The number of hydrogen-bond donors (Lipinski definition) is 1. The molecule has 0 saturated carbocycles. The highest BCUT2D eigenvalue weighted by atomic mass is 35.5. The second-order valence-corrected chi connectivity index (χ2v) is 6.92. The van der Waals surface area contributed by atoms with Gasteiger partial charge < -0.3 is 9.73 Å². The molecule has 0 fully saturated rings. The van der Waals surface area contributed by atoms with E-state index >= 15 is 0 Å². The Labute approximate surface area is 154 Å². The molecule has 2 heterocycles. The first-order valence-electron chi connectivity index (χ1n) is 6.77. The second-order valence-electron chi connectivity index (χ2n) is 4.61. The standard InChI is InChI=1S/C14H9ClN4O4S2/c15-8-3-4-10(19(21)22)9(6-8)16-12(20)7-25-14-18-17-13(23-14)11-2-1-5-24-11/h1-6H,7H2,(H,16,20). The Kier molecular flexibility index (Phi) is 5.31. The number of nitrogens with one attached hydrogen (secondary N) is 1. The molecule has 1 amide bonds. The van der Waals surface area contributed by atoms with E-state index in [1.54, 1.807) is 0 Å². The van der Waals surface area contributed by atoms with Crippen molar-refractivity contribution in [3.05, 3.63) is 50.8 Å². The molecule has 8 nitrogen and oxygen atoms in total. The van der Waals surface area contributed by atoms with Gasteiger partial charge in [0.2, 0.25) is 5.91 Å². The molecule has 25 heavy (non-hydrogen) atoms. The molecule has 3 aromatic rings. The number of thiophene rings is 1. The van der Waals surface area contributed by atoms with Crippen LogP contribution in [0.3, 0.4) is 0 Å². The molecule has 1 aromatic carbocycles. The lowest BCUT2D eigenvalue weighted by atomic mass is 10.2. The quantitative estimate of drug-likeness (QED) is 0.379. The van der Waals surface area contributed by atoms with Crippen molar-refractivity contribution in [3.8, 4) is 10.8 Å². The van der Waals surface area contributed by atoms with E-state index in [2.05, 4.69) is 15.5 Å². The zero-order chi connectivity index (χ0) is 17.8. The molecule has 0 saturated heterocycles. The number of nitro benzene ring substituents is 1. The van der Waals surface area contributed by atoms with Crippen LogP contribution in [0.5, 0.6) is 0 Å². The maximum absolute atomic E-state index is 12.0. The van der Waals surface area contributed by atoms with Gasteiger partial charge in [0, 0.05) is 11.1 Å². The average molecular weight is 397 g/mol. The van der Waals surface area contributed by atoms with E-state index < -0.39 is 10.8 Å². The third-order valence-electron chi connectivity index (χ3n) is 2.89. The van der Waals surface area contributed by atoms with Gasteiger partial charge >= 0.3 is 0 Å². The Morgan fingerprint density at radius 3 is 2.96 bits per heavy atom. The van der Waals surface area contributed by atoms with E-state index in [0.717, 1.165) is 16.6 Å². The summed E-state index contributed by atoms with van der Waals surface area (Å²) in [7, 11) is 0. The summed E-state index contributed by atoms with van der Waals surface area (Å²) in [5.41, 5.74) is -0.201. The summed E-state index contributed by atoms with van der Waals surface area (Å²) in [4.78, 5) is 23.2. The lowest BCUT2D eigenvalue weighted by Gasteiger charge is -2.05. The summed E-state index contributed by atoms with van der Waals surface area (Å²) in [6.07, 6.45) is 0. The molecule has 2 aromatic heterocycles. The van der Waals surface area contributed by atoms with E-state index in [1.165, 1.54) is 29.5 Å². The minimum Gasteiger partial charge on any atom is -0.410 e. The van der Waals surface area contributed by atoms with Gasteiger partial charge in [0.05, 0.1) is 15.6 Å². The number of anilines is 1. The lowest BCUT2D eigenvalue weighted by Crippen LogP contribution is -2.15. The normalized spacial score (nSPS) is 10.6. The number of nitro groups is 1. The van der Waals surface area contributed by atoms with Gasteiger partial charge in [-0.1, -0.05) is 29.4 Å². The number of benzene rings is 1. The molecule has 0 bridgehead atoms. The van der Waals surface area contributed by atoms with Gasteiger partial charge in [0.1, 0.15) is 5.69 Å². The van der Waals surface area contributed by atoms with Crippen molar-refractivity contribution in [1.29, 1.82) is 0 Å². The average Bonchev–Trinajstić information content (AvgIpc) is 3.24. The Morgan fingerprint density at radius 2 is 2.24 bits per heavy atom. The maximum Gasteiger partial charge on any atom is 0.292 e. The van der Waals surface area contributed by atoms with Gasteiger partial charge in [-0.2, -0.15) is 0 Å². The van der Waals surface area contributed by atoms with Crippen LogP contribution in [0.2, 0.25) is 5.02 Å². The summed E-state index contributed by atoms with van der Waals surface area (Å²) in [5, 5.41) is 23.6. The van der Waals surface area contributed by atoms with Gasteiger partial charge in [-0.05, 0) is 23.6 Å². The Bertz CT molecular complexity index is 913. The number of carbonyl (C=O) groups is 1. The van der Waals surface area contributed by atoms with Crippen molar-refractivity contribution in [3.63, 3.8) is 0 Å².